The third kappa shape index (κ3) is 4.92. The molecule has 0 saturated heterocycles. The highest BCUT2D eigenvalue weighted by atomic mass is 32.2. The fourth-order valence-corrected chi connectivity index (χ4v) is 3.75. The van der Waals surface area contributed by atoms with Gasteiger partial charge in [-0.25, -0.2) is 4.39 Å². The molecule has 1 N–H and O–H groups in total. The molecule has 0 aliphatic rings. The van der Waals surface area contributed by atoms with Crippen LogP contribution in [0.5, 0.6) is 5.75 Å². The molecule has 0 saturated carbocycles. The van der Waals surface area contributed by atoms with E-state index in [2.05, 4.69) is 15.5 Å². The predicted molar refractivity (Wildman–Crippen MR) is 119 cm³/mol. The van der Waals surface area contributed by atoms with E-state index in [9.17, 15) is 9.18 Å². The van der Waals surface area contributed by atoms with E-state index in [0.29, 0.717) is 16.7 Å². The van der Waals surface area contributed by atoms with E-state index in [1.165, 1.54) is 23.9 Å². The summed E-state index contributed by atoms with van der Waals surface area (Å²) in [5.74, 6) is 0.832. The minimum absolute atomic E-state index is 0.0968. The van der Waals surface area contributed by atoms with Gasteiger partial charge >= 0.3 is 0 Å². The van der Waals surface area contributed by atoms with E-state index in [1.807, 2.05) is 59.2 Å². The van der Waals surface area contributed by atoms with Gasteiger partial charge in [-0.05, 0) is 42.5 Å². The fourth-order valence-electron chi connectivity index (χ4n) is 3.00. The van der Waals surface area contributed by atoms with Crippen LogP contribution in [-0.4, -0.2) is 33.5 Å². The third-order valence-electron chi connectivity index (χ3n) is 4.44. The van der Waals surface area contributed by atoms with Crippen LogP contribution in [0.1, 0.15) is 0 Å². The topological polar surface area (TPSA) is 69.0 Å². The van der Waals surface area contributed by atoms with Crippen molar-refractivity contribution in [3.8, 4) is 22.8 Å². The summed E-state index contributed by atoms with van der Waals surface area (Å²) in [7, 11) is 1.61. The molecule has 1 aromatic heterocycles. The van der Waals surface area contributed by atoms with Gasteiger partial charge in [-0.15, -0.1) is 10.2 Å². The molecule has 0 aliphatic carbocycles. The number of amides is 1. The first-order valence-corrected chi connectivity index (χ1v) is 10.5. The average molecular weight is 434 g/mol. The van der Waals surface area contributed by atoms with E-state index in [-0.39, 0.29) is 11.7 Å². The van der Waals surface area contributed by atoms with Crippen molar-refractivity contribution < 1.29 is 13.9 Å². The van der Waals surface area contributed by atoms with Crippen molar-refractivity contribution in [2.45, 2.75) is 5.16 Å². The zero-order chi connectivity index (χ0) is 21.6. The maximum Gasteiger partial charge on any atom is 0.234 e. The smallest absolute Gasteiger partial charge is 0.234 e. The number of hydrogen-bond acceptors (Lipinski definition) is 5. The van der Waals surface area contributed by atoms with E-state index in [1.54, 1.807) is 19.2 Å². The number of rotatable bonds is 7. The molecular formula is C23H19FN4O2S. The normalized spacial score (nSPS) is 10.6. The number of hydrogen-bond donors (Lipinski definition) is 1. The number of ether oxygens (including phenoxy) is 1. The lowest BCUT2D eigenvalue weighted by Crippen LogP contribution is -2.14. The third-order valence-corrected chi connectivity index (χ3v) is 5.37. The summed E-state index contributed by atoms with van der Waals surface area (Å²) < 4.78 is 20.5. The highest BCUT2D eigenvalue weighted by Crippen LogP contribution is 2.29. The van der Waals surface area contributed by atoms with Crippen LogP contribution < -0.4 is 10.1 Å². The van der Waals surface area contributed by atoms with Crippen LogP contribution in [0.2, 0.25) is 0 Å². The Morgan fingerprint density at radius 3 is 2.52 bits per heavy atom. The molecule has 156 valence electrons. The Bertz CT molecular complexity index is 1180. The molecule has 0 aliphatic heterocycles. The van der Waals surface area contributed by atoms with Crippen molar-refractivity contribution in [3.63, 3.8) is 0 Å². The summed E-state index contributed by atoms with van der Waals surface area (Å²) in [5, 5.41) is 11.9. The molecule has 0 unspecified atom stereocenters. The van der Waals surface area contributed by atoms with Crippen molar-refractivity contribution in [2.24, 2.45) is 0 Å². The molecule has 4 rings (SSSR count). The molecule has 31 heavy (non-hydrogen) atoms. The molecule has 4 aromatic rings. The van der Waals surface area contributed by atoms with Gasteiger partial charge in [0.1, 0.15) is 11.6 Å². The van der Waals surface area contributed by atoms with Crippen molar-refractivity contribution >= 4 is 23.4 Å². The van der Waals surface area contributed by atoms with Gasteiger partial charge in [-0.1, -0.05) is 48.2 Å². The minimum atomic E-state index is -0.405. The lowest BCUT2D eigenvalue weighted by atomic mass is 10.2. The van der Waals surface area contributed by atoms with Crippen LogP contribution in [-0.2, 0) is 4.79 Å². The number of halogens is 1. The number of aromatic nitrogens is 3. The average Bonchev–Trinajstić information content (AvgIpc) is 3.22. The predicted octanol–water partition coefficient (Wildman–Crippen LogP) is 4.81. The van der Waals surface area contributed by atoms with Gasteiger partial charge in [0, 0.05) is 16.9 Å². The molecule has 0 bridgehead atoms. The van der Waals surface area contributed by atoms with Crippen molar-refractivity contribution in [1.82, 2.24) is 14.8 Å². The molecule has 0 atom stereocenters. The Morgan fingerprint density at radius 2 is 1.81 bits per heavy atom. The van der Waals surface area contributed by atoms with E-state index >= 15 is 0 Å². The van der Waals surface area contributed by atoms with Crippen LogP contribution in [0.3, 0.4) is 0 Å². The Morgan fingerprint density at radius 1 is 1.03 bits per heavy atom. The summed E-state index contributed by atoms with van der Waals surface area (Å²) >= 11 is 1.25. The molecule has 8 heteroatoms. The Kier molecular flexibility index (Phi) is 6.28. The zero-order valence-corrected chi connectivity index (χ0v) is 17.5. The highest BCUT2D eigenvalue weighted by molar-refractivity contribution is 7.99. The number of carbonyl (C=O) groups excluding carboxylic acids is 1. The largest absolute Gasteiger partial charge is 0.497 e. The van der Waals surface area contributed by atoms with Gasteiger partial charge < -0.3 is 10.1 Å². The van der Waals surface area contributed by atoms with Crippen molar-refractivity contribution in [1.29, 1.82) is 0 Å². The molecule has 1 heterocycles. The lowest BCUT2D eigenvalue weighted by Gasteiger charge is -2.11. The number of nitrogens with one attached hydrogen (secondary N) is 1. The molecule has 0 spiro atoms. The summed E-state index contributed by atoms with van der Waals surface area (Å²) in [6.07, 6.45) is 0. The standard InChI is InChI=1S/C23H19FN4O2S/c1-30-20-12-10-19(11-13-20)28-22(16-6-3-2-4-7-16)26-27-23(28)31-15-21(29)25-18-9-5-8-17(24)14-18/h2-14H,15H2,1H3,(H,25,29). The Balaban J connectivity index is 1.59. The first-order valence-electron chi connectivity index (χ1n) is 9.47. The van der Waals surface area contributed by atoms with Crippen LogP contribution >= 0.6 is 11.8 Å². The number of anilines is 1. The van der Waals surface area contributed by atoms with Crippen molar-refractivity contribution in [3.05, 3.63) is 84.7 Å². The summed E-state index contributed by atoms with van der Waals surface area (Å²) in [4.78, 5) is 12.4. The zero-order valence-electron chi connectivity index (χ0n) is 16.7. The van der Waals surface area contributed by atoms with Crippen LogP contribution in [0.15, 0.2) is 84.0 Å². The van der Waals surface area contributed by atoms with E-state index in [4.69, 9.17) is 4.74 Å². The SMILES string of the molecule is COc1ccc(-n2c(SCC(=O)Nc3cccc(F)c3)nnc2-c2ccccc2)cc1. The minimum Gasteiger partial charge on any atom is -0.497 e. The maximum absolute atomic E-state index is 13.3. The molecule has 0 fully saturated rings. The quantitative estimate of drug-likeness (QED) is 0.423. The Labute approximate surface area is 183 Å². The first kappa shape index (κ1) is 20.6. The van der Waals surface area contributed by atoms with E-state index < -0.39 is 5.82 Å². The molecule has 3 aromatic carbocycles. The van der Waals surface area contributed by atoms with Gasteiger partial charge in [0.2, 0.25) is 5.91 Å². The number of methoxy groups -OCH3 is 1. The second-order valence-electron chi connectivity index (χ2n) is 6.55. The van der Waals surface area contributed by atoms with Gasteiger partial charge in [0.25, 0.3) is 0 Å². The maximum atomic E-state index is 13.3. The first-order chi connectivity index (χ1) is 15.1. The summed E-state index contributed by atoms with van der Waals surface area (Å²) in [6.45, 7) is 0. The lowest BCUT2D eigenvalue weighted by molar-refractivity contribution is -0.113. The van der Waals surface area contributed by atoms with Crippen LogP contribution in [0.25, 0.3) is 17.1 Å². The number of nitrogens with zero attached hydrogens (tertiary/aromatic N) is 3. The monoisotopic (exact) mass is 434 g/mol. The second-order valence-corrected chi connectivity index (χ2v) is 7.50. The van der Waals surface area contributed by atoms with Gasteiger partial charge in [0.05, 0.1) is 12.9 Å². The van der Waals surface area contributed by atoms with Gasteiger partial charge in [-0.2, -0.15) is 0 Å². The number of thioether (sulfide) groups is 1. The number of carbonyl (C=O) groups is 1. The van der Waals surface area contributed by atoms with E-state index in [0.717, 1.165) is 17.0 Å². The molecular weight excluding hydrogens is 415 g/mol. The highest BCUT2D eigenvalue weighted by Gasteiger charge is 2.17. The van der Waals surface area contributed by atoms with Crippen LogP contribution in [0, 0.1) is 5.82 Å². The van der Waals surface area contributed by atoms with Crippen molar-refractivity contribution in [2.75, 3.05) is 18.2 Å². The summed E-state index contributed by atoms with van der Waals surface area (Å²) in [6, 6.07) is 23.0. The Hall–Kier alpha value is -3.65. The van der Waals surface area contributed by atoms with Gasteiger partial charge in [0.15, 0.2) is 11.0 Å². The van der Waals surface area contributed by atoms with Gasteiger partial charge in [-0.3, -0.25) is 9.36 Å². The number of benzene rings is 3. The van der Waals surface area contributed by atoms with Crippen LogP contribution in [0.4, 0.5) is 10.1 Å². The fraction of sp³-hybridized carbons (Fsp3) is 0.0870. The molecule has 1 amide bonds. The summed E-state index contributed by atoms with van der Waals surface area (Å²) in [5.41, 5.74) is 2.16. The second kappa shape index (κ2) is 9.44. The molecule has 6 nitrogen and oxygen atoms in total. The molecule has 0 radical (unpaired) electrons.